The number of hydrogen-bond donors (Lipinski definition) is 2. The number of anilines is 3. The van der Waals surface area contributed by atoms with Crippen LogP contribution < -0.4 is 10.2 Å². The first kappa shape index (κ1) is 16.7. The van der Waals surface area contributed by atoms with Gasteiger partial charge >= 0.3 is 5.97 Å². The molecule has 3 rings (SSSR count). The number of amides is 1. The van der Waals surface area contributed by atoms with E-state index in [0.29, 0.717) is 37.7 Å². The molecule has 0 unspecified atom stereocenters. The minimum Gasteiger partial charge on any atom is -0.478 e. The molecule has 1 amide bonds. The third-order valence-electron chi connectivity index (χ3n) is 4.08. The molecule has 1 aromatic heterocycles. The van der Waals surface area contributed by atoms with Gasteiger partial charge in [-0.15, -0.1) is 0 Å². The number of aromatic carboxylic acids is 1. The number of carbonyl (C=O) groups is 2. The number of nitrogens with zero attached hydrogens (tertiary/aromatic N) is 4. The molecule has 130 valence electrons. The first-order valence-electron chi connectivity index (χ1n) is 7.96. The Morgan fingerprint density at radius 1 is 1.12 bits per heavy atom. The van der Waals surface area contributed by atoms with Gasteiger partial charge in [-0.05, 0) is 18.2 Å². The van der Waals surface area contributed by atoms with Crippen molar-refractivity contribution >= 4 is 29.2 Å². The highest BCUT2D eigenvalue weighted by Crippen LogP contribution is 2.20. The van der Waals surface area contributed by atoms with Crippen LogP contribution in [0.15, 0.2) is 36.7 Å². The van der Waals surface area contributed by atoms with Gasteiger partial charge in [0.05, 0.1) is 5.56 Å². The van der Waals surface area contributed by atoms with Gasteiger partial charge < -0.3 is 20.2 Å². The summed E-state index contributed by atoms with van der Waals surface area (Å²) in [6, 6.07) is 8.36. The zero-order chi connectivity index (χ0) is 17.8. The van der Waals surface area contributed by atoms with E-state index < -0.39 is 5.97 Å². The predicted octanol–water partition coefficient (Wildman–Crippen LogP) is 1.59. The molecule has 1 aliphatic rings. The first-order chi connectivity index (χ1) is 12.0. The second-order valence-corrected chi connectivity index (χ2v) is 5.77. The quantitative estimate of drug-likeness (QED) is 0.871. The second-order valence-electron chi connectivity index (χ2n) is 5.77. The summed E-state index contributed by atoms with van der Waals surface area (Å²) in [4.78, 5) is 34.9. The third kappa shape index (κ3) is 4.03. The maximum atomic E-state index is 11.4. The highest BCUT2D eigenvalue weighted by atomic mass is 16.4. The number of carbonyl (C=O) groups excluding carboxylic acids is 1. The van der Waals surface area contributed by atoms with E-state index in [0.717, 1.165) is 5.82 Å². The van der Waals surface area contributed by atoms with Gasteiger partial charge in [0.2, 0.25) is 5.91 Å². The van der Waals surface area contributed by atoms with Crippen molar-refractivity contribution in [2.24, 2.45) is 0 Å². The lowest BCUT2D eigenvalue weighted by atomic mass is 10.2. The van der Waals surface area contributed by atoms with Crippen molar-refractivity contribution in [2.75, 3.05) is 36.4 Å². The lowest BCUT2D eigenvalue weighted by Gasteiger charge is -2.34. The number of rotatable bonds is 4. The average molecular weight is 341 g/mol. The SMILES string of the molecule is CC(=O)N1CCN(c2cc(Nc3cccc(C(=O)O)c3)ncn2)CC1. The Kier molecular flexibility index (Phi) is 4.78. The Hall–Kier alpha value is -3.16. The highest BCUT2D eigenvalue weighted by molar-refractivity contribution is 5.89. The third-order valence-corrected chi connectivity index (χ3v) is 4.08. The molecule has 1 fully saturated rings. The van der Waals surface area contributed by atoms with Crippen molar-refractivity contribution in [1.82, 2.24) is 14.9 Å². The molecule has 1 aliphatic heterocycles. The van der Waals surface area contributed by atoms with Crippen LogP contribution in [0.5, 0.6) is 0 Å². The lowest BCUT2D eigenvalue weighted by Crippen LogP contribution is -2.48. The summed E-state index contributed by atoms with van der Waals surface area (Å²) in [6.45, 7) is 4.34. The van der Waals surface area contributed by atoms with Crippen LogP contribution in [-0.2, 0) is 4.79 Å². The summed E-state index contributed by atoms with van der Waals surface area (Å²) < 4.78 is 0. The molecular weight excluding hydrogens is 322 g/mol. The van der Waals surface area contributed by atoms with Crippen molar-refractivity contribution in [1.29, 1.82) is 0 Å². The van der Waals surface area contributed by atoms with E-state index >= 15 is 0 Å². The number of nitrogens with one attached hydrogen (secondary N) is 1. The van der Waals surface area contributed by atoms with Crippen molar-refractivity contribution in [2.45, 2.75) is 6.92 Å². The molecule has 0 radical (unpaired) electrons. The summed E-state index contributed by atoms with van der Waals surface area (Å²) in [7, 11) is 0. The fourth-order valence-corrected chi connectivity index (χ4v) is 2.72. The molecule has 0 saturated carbocycles. The Morgan fingerprint density at radius 2 is 1.88 bits per heavy atom. The van der Waals surface area contributed by atoms with E-state index in [1.54, 1.807) is 25.1 Å². The number of aromatic nitrogens is 2. The van der Waals surface area contributed by atoms with Gasteiger partial charge in [-0.25, -0.2) is 14.8 Å². The molecule has 1 saturated heterocycles. The van der Waals surface area contributed by atoms with Gasteiger partial charge in [-0.2, -0.15) is 0 Å². The van der Waals surface area contributed by atoms with Crippen LogP contribution in [0.4, 0.5) is 17.3 Å². The first-order valence-corrected chi connectivity index (χ1v) is 7.96. The Balaban J connectivity index is 1.71. The van der Waals surface area contributed by atoms with E-state index in [-0.39, 0.29) is 11.5 Å². The maximum Gasteiger partial charge on any atom is 0.335 e. The molecule has 0 atom stereocenters. The van der Waals surface area contributed by atoms with Crippen LogP contribution in [0, 0.1) is 0 Å². The number of carboxylic acid groups (broad SMARTS) is 1. The average Bonchev–Trinajstić information content (AvgIpc) is 2.62. The zero-order valence-corrected chi connectivity index (χ0v) is 13.8. The smallest absolute Gasteiger partial charge is 0.335 e. The maximum absolute atomic E-state index is 11.4. The van der Waals surface area contributed by atoms with Crippen LogP contribution in [0.3, 0.4) is 0 Å². The van der Waals surface area contributed by atoms with Crippen LogP contribution in [0.25, 0.3) is 0 Å². The van der Waals surface area contributed by atoms with Crippen LogP contribution in [0.2, 0.25) is 0 Å². The van der Waals surface area contributed by atoms with Crippen LogP contribution in [-0.4, -0.2) is 58.0 Å². The molecule has 8 heteroatoms. The van der Waals surface area contributed by atoms with Crippen molar-refractivity contribution in [3.8, 4) is 0 Å². The fraction of sp³-hybridized carbons (Fsp3) is 0.294. The molecule has 0 spiro atoms. The van der Waals surface area contributed by atoms with Crippen molar-refractivity contribution < 1.29 is 14.7 Å². The lowest BCUT2D eigenvalue weighted by molar-refractivity contribution is -0.129. The monoisotopic (exact) mass is 341 g/mol. The number of piperazine rings is 1. The summed E-state index contributed by atoms with van der Waals surface area (Å²) in [5.41, 5.74) is 0.852. The van der Waals surface area contributed by atoms with E-state index in [4.69, 9.17) is 5.11 Å². The standard InChI is InChI=1S/C17H19N5O3/c1-12(23)21-5-7-22(8-6-21)16-10-15(18-11-19-16)20-14-4-2-3-13(9-14)17(24)25/h2-4,9-11H,5-8H2,1H3,(H,24,25)(H,18,19,20). The van der Waals surface area contributed by atoms with Gasteiger partial charge in [-0.1, -0.05) is 6.07 Å². The van der Waals surface area contributed by atoms with E-state index in [1.807, 2.05) is 11.0 Å². The fourth-order valence-electron chi connectivity index (χ4n) is 2.72. The summed E-state index contributed by atoms with van der Waals surface area (Å²) in [5.74, 6) is 0.468. The van der Waals surface area contributed by atoms with Crippen molar-refractivity contribution in [3.63, 3.8) is 0 Å². The summed E-state index contributed by atoms with van der Waals surface area (Å²) >= 11 is 0. The van der Waals surface area contributed by atoms with Crippen LogP contribution >= 0.6 is 0 Å². The van der Waals surface area contributed by atoms with E-state index in [2.05, 4.69) is 20.2 Å². The van der Waals surface area contributed by atoms with Crippen molar-refractivity contribution in [3.05, 3.63) is 42.2 Å². The van der Waals surface area contributed by atoms with Gasteiger partial charge in [-0.3, -0.25) is 4.79 Å². The Labute approximate surface area is 145 Å². The number of benzene rings is 1. The van der Waals surface area contributed by atoms with Crippen LogP contribution in [0.1, 0.15) is 17.3 Å². The molecule has 0 bridgehead atoms. The minimum atomic E-state index is -0.977. The summed E-state index contributed by atoms with van der Waals surface area (Å²) in [6.07, 6.45) is 1.47. The van der Waals surface area contributed by atoms with E-state index in [1.165, 1.54) is 12.4 Å². The molecule has 1 aromatic carbocycles. The number of hydrogen-bond acceptors (Lipinski definition) is 6. The molecular formula is C17H19N5O3. The highest BCUT2D eigenvalue weighted by Gasteiger charge is 2.19. The topological polar surface area (TPSA) is 98.7 Å². The molecule has 2 heterocycles. The second kappa shape index (κ2) is 7.16. The van der Waals surface area contributed by atoms with Gasteiger partial charge in [0.25, 0.3) is 0 Å². The summed E-state index contributed by atoms with van der Waals surface area (Å²) in [5, 5.41) is 12.2. The molecule has 2 N–H and O–H groups in total. The normalized spacial score (nSPS) is 14.3. The molecule has 8 nitrogen and oxygen atoms in total. The molecule has 2 aromatic rings. The van der Waals surface area contributed by atoms with Gasteiger partial charge in [0.1, 0.15) is 18.0 Å². The molecule has 25 heavy (non-hydrogen) atoms. The van der Waals surface area contributed by atoms with Gasteiger partial charge in [0, 0.05) is 44.9 Å². The van der Waals surface area contributed by atoms with E-state index in [9.17, 15) is 9.59 Å². The Morgan fingerprint density at radius 3 is 2.56 bits per heavy atom. The number of carboxylic acids is 1. The zero-order valence-electron chi connectivity index (χ0n) is 13.8. The van der Waals surface area contributed by atoms with Gasteiger partial charge in [0.15, 0.2) is 0 Å². The largest absolute Gasteiger partial charge is 0.478 e. The predicted molar refractivity (Wildman–Crippen MR) is 93.2 cm³/mol. The molecule has 0 aliphatic carbocycles. The minimum absolute atomic E-state index is 0.0861. The Bertz CT molecular complexity index is 787.